The predicted octanol–water partition coefficient (Wildman–Crippen LogP) is 6.40. The molecule has 0 saturated heterocycles. The standard InChI is InChI=1S/C27H27ClF3N3O2/c28-21-13-14-24(32-17-21)26(16-19-7-2-1-3-8-19,34-25(35)33-22-10-4-5-11-22)20-9-6-12-23(15-20)36-18-27(29,30)31/h1-3,6-9,12-15,17,22H,4-5,10-11,16,18H2,(H2,33,34,35)/t26-/m0/s1. The van der Waals surface area contributed by atoms with Crippen LogP contribution in [0, 0.1) is 0 Å². The fraction of sp³-hybridized carbons (Fsp3) is 0.333. The molecule has 3 aromatic rings. The molecule has 1 atom stereocenters. The maximum absolute atomic E-state index is 13.3. The monoisotopic (exact) mass is 517 g/mol. The Morgan fingerprint density at radius 1 is 1.03 bits per heavy atom. The lowest BCUT2D eigenvalue weighted by Gasteiger charge is -2.36. The zero-order valence-electron chi connectivity index (χ0n) is 19.5. The highest BCUT2D eigenvalue weighted by Gasteiger charge is 2.39. The number of ether oxygens (including phenoxy) is 1. The van der Waals surface area contributed by atoms with E-state index in [0.717, 1.165) is 31.2 Å². The van der Waals surface area contributed by atoms with E-state index in [-0.39, 0.29) is 17.8 Å². The van der Waals surface area contributed by atoms with Crippen molar-refractivity contribution in [2.75, 3.05) is 6.61 Å². The fourth-order valence-corrected chi connectivity index (χ4v) is 4.66. The van der Waals surface area contributed by atoms with Gasteiger partial charge in [0.25, 0.3) is 0 Å². The third-order valence-electron chi connectivity index (χ3n) is 6.22. The number of hydrogen-bond acceptors (Lipinski definition) is 3. The lowest BCUT2D eigenvalue weighted by molar-refractivity contribution is -0.153. The average molecular weight is 518 g/mol. The second-order valence-electron chi connectivity index (χ2n) is 8.94. The summed E-state index contributed by atoms with van der Waals surface area (Å²) in [5.41, 5.74) is 0.705. The Labute approximate surface area is 213 Å². The number of benzene rings is 2. The Bertz CT molecular complexity index is 1150. The molecule has 1 aliphatic carbocycles. The van der Waals surface area contributed by atoms with E-state index in [2.05, 4.69) is 15.6 Å². The molecule has 190 valence electrons. The molecule has 36 heavy (non-hydrogen) atoms. The third kappa shape index (κ3) is 6.69. The van der Waals surface area contributed by atoms with Gasteiger partial charge in [0, 0.05) is 18.7 Å². The molecular formula is C27H27ClF3N3O2. The zero-order valence-corrected chi connectivity index (χ0v) is 20.3. The van der Waals surface area contributed by atoms with Crippen molar-refractivity contribution in [1.29, 1.82) is 0 Å². The first-order valence-corrected chi connectivity index (χ1v) is 12.2. The summed E-state index contributed by atoms with van der Waals surface area (Å²) in [5.74, 6) is 0.0363. The van der Waals surface area contributed by atoms with Crippen molar-refractivity contribution in [3.63, 3.8) is 0 Å². The van der Waals surface area contributed by atoms with Crippen LogP contribution in [0.3, 0.4) is 0 Å². The summed E-state index contributed by atoms with van der Waals surface area (Å²) in [5, 5.41) is 6.59. The van der Waals surface area contributed by atoms with Gasteiger partial charge < -0.3 is 15.4 Å². The van der Waals surface area contributed by atoms with Crippen LogP contribution in [0.2, 0.25) is 5.02 Å². The molecule has 1 fully saturated rings. The highest BCUT2D eigenvalue weighted by atomic mass is 35.5. The summed E-state index contributed by atoms with van der Waals surface area (Å²) in [6.07, 6.45) is 1.21. The maximum Gasteiger partial charge on any atom is 0.422 e. The highest BCUT2D eigenvalue weighted by molar-refractivity contribution is 6.30. The number of carbonyl (C=O) groups excluding carboxylic acids is 1. The number of hydrogen-bond donors (Lipinski definition) is 2. The number of halogens is 4. The molecule has 0 aliphatic heterocycles. The Morgan fingerprint density at radius 2 is 1.78 bits per heavy atom. The molecule has 1 aliphatic rings. The van der Waals surface area contributed by atoms with Crippen molar-refractivity contribution in [2.45, 2.75) is 49.9 Å². The van der Waals surface area contributed by atoms with Gasteiger partial charge in [0.15, 0.2) is 6.61 Å². The Balaban J connectivity index is 1.78. The first-order valence-electron chi connectivity index (χ1n) is 11.8. The molecule has 9 heteroatoms. The summed E-state index contributed by atoms with van der Waals surface area (Å²) >= 11 is 6.11. The third-order valence-corrected chi connectivity index (χ3v) is 6.45. The van der Waals surface area contributed by atoms with Gasteiger partial charge in [-0.05, 0) is 48.2 Å². The molecule has 2 N–H and O–H groups in total. The van der Waals surface area contributed by atoms with Gasteiger partial charge >= 0.3 is 12.2 Å². The van der Waals surface area contributed by atoms with Crippen LogP contribution in [0.15, 0.2) is 72.9 Å². The van der Waals surface area contributed by atoms with Crippen molar-refractivity contribution in [2.24, 2.45) is 0 Å². The first kappa shape index (κ1) is 25.8. The van der Waals surface area contributed by atoms with E-state index >= 15 is 0 Å². The molecule has 1 aromatic heterocycles. The number of rotatable bonds is 8. The molecule has 0 bridgehead atoms. The number of nitrogens with one attached hydrogen (secondary N) is 2. The normalized spacial score (nSPS) is 15.8. The molecule has 2 aromatic carbocycles. The van der Waals surface area contributed by atoms with Gasteiger partial charge in [0.05, 0.1) is 10.7 Å². The Hall–Kier alpha value is -3.26. The second kappa shape index (κ2) is 11.2. The van der Waals surface area contributed by atoms with E-state index in [0.29, 0.717) is 22.7 Å². The van der Waals surface area contributed by atoms with Crippen molar-refractivity contribution < 1.29 is 22.7 Å². The molecule has 0 unspecified atom stereocenters. The number of nitrogens with zero attached hydrogens (tertiary/aromatic N) is 1. The van der Waals surface area contributed by atoms with Gasteiger partial charge in [-0.1, -0.05) is 66.9 Å². The minimum atomic E-state index is -4.48. The lowest BCUT2D eigenvalue weighted by Crippen LogP contribution is -2.54. The minimum Gasteiger partial charge on any atom is -0.484 e. The molecule has 0 spiro atoms. The van der Waals surface area contributed by atoms with Crippen LogP contribution < -0.4 is 15.4 Å². The largest absolute Gasteiger partial charge is 0.484 e. The summed E-state index contributed by atoms with van der Waals surface area (Å²) < 4.78 is 43.5. The first-order chi connectivity index (χ1) is 17.2. The van der Waals surface area contributed by atoms with Crippen LogP contribution >= 0.6 is 11.6 Å². The van der Waals surface area contributed by atoms with E-state index in [1.807, 2.05) is 30.3 Å². The SMILES string of the molecule is O=C(NC1CCCC1)N[C@@](Cc1ccccc1)(c1cccc(OCC(F)(F)F)c1)c1ccc(Cl)cn1. The predicted molar refractivity (Wildman–Crippen MR) is 132 cm³/mol. The number of urea groups is 1. The molecule has 5 nitrogen and oxygen atoms in total. The number of amides is 2. The van der Waals surface area contributed by atoms with Gasteiger partial charge in [-0.2, -0.15) is 13.2 Å². The summed E-state index contributed by atoms with van der Waals surface area (Å²) in [6.45, 7) is -1.42. The highest BCUT2D eigenvalue weighted by Crippen LogP contribution is 2.35. The fourth-order valence-electron chi connectivity index (χ4n) is 4.55. The number of pyridine rings is 1. The van der Waals surface area contributed by atoms with Crippen molar-refractivity contribution in [1.82, 2.24) is 15.6 Å². The van der Waals surface area contributed by atoms with Crippen molar-refractivity contribution >= 4 is 17.6 Å². The lowest BCUT2D eigenvalue weighted by atomic mass is 9.80. The molecule has 4 rings (SSSR count). The van der Waals surface area contributed by atoms with Crippen LogP contribution in [0.1, 0.15) is 42.5 Å². The van der Waals surface area contributed by atoms with Crippen molar-refractivity contribution in [3.8, 4) is 5.75 Å². The summed E-state index contributed by atoms with van der Waals surface area (Å²) in [6, 6.07) is 18.9. The zero-order chi connectivity index (χ0) is 25.6. The van der Waals surface area contributed by atoms with E-state index in [1.54, 1.807) is 24.3 Å². The van der Waals surface area contributed by atoms with Gasteiger partial charge in [-0.3, -0.25) is 4.98 Å². The summed E-state index contributed by atoms with van der Waals surface area (Å²) in [4.78, 5) is 17.8. The minimum absolute atomic E-state index is 0.0363. The molecular weight excluding hydrogens is 491 g/mol. The van der Waals surface area contributed by atoms with E-state index < -0.39 is 18.3 Å². The molecule has 2 amide bonds. The van der Waals surface area contributed by atoms with E-state index in [9.17, 15) is 18.0 Å². The topological polar surface area (TPSA) is 63.2 Å². The second-order valence-corrected chi connectivity index (χ2v) is 9.38. The van der Waals surface area contributed by atoms with Crippen LogP contribution in [-0.2, 0) is 12.0 Å². The van der Waals surface area contributed by atoms with Gasteiger partial charge in [-0.25, -0.2) is 4.79 Å². The number of carbonyl (C=O) groups is 1. The van der Waals surface area contributed by atoms with Crippen LogP contribution in [0.4, 0.5) is 18.0 Å². The maximum atomic E-state index is 13.3. The van der Waals surface area contributed by atoms with Gasteiger partial charge in [0.1, 0.15) is 11.3 Å². The van der Waals surface area contributed by atoms with Crippen molar-refractivity contribution in [3.05, 3.63) is 94.8 Å². The molecule has 1 saturated carbocycles. The van der Waals surface area contributed by atoms with E-state index in [4.69, 9.17) is 16.3 Å². The molecule has 1 heterocycles. The van der Waals surface area contributed by atoms with E-state index in [1.165, 1.54) is 18.3 Å². The van der Waals surface area contributed by atoms with Crippen LogP contribution in [0.5, 0.6) is 5.75 Å². The smallest absolute Gasteiger partial charge is 0.422 e. The van der Waals surface area contributed by atoms with Crippen LogP contribution in [-0.4, -0.2) is 29.8 Å². The molecule has 0 radical (unpaired) electrons. The Morgan fingerprint density at radius 3 is 2.44 bits per heavy atom. The Kier molecular flexibility index (Phi) is 8.04. The van der Waals surface area contributed by atoms with Gasteiger partial charge in [0.2, 0.25) is 0 Å². The number of alkyl halides is 3. The quantitative estimate of drug-likeness (QED) is 0.363. The van der Waals surface area contributed by atoms with Crippen LogP contribution in [0.25, 0.3) is 0 Å². The van der Waals surface area contributed by atoms with Gasteiger partial charge in [-0.15, -0.1) is 0 Å². The summed E-state index contributed by atoms with van der Waals surface area (Å²) in [7, 11) is 0. The number of aromatic nitrogens is 1. The average Bonchev–Trinajstić information content (AvgIpc) is 3.36.